The van der Waals surface area contributed by atoms with Crippen LogP contribution in [0.4, 0.5) is 10.1 Å². The van der Waals surface area contributed by atoms with Gasteiger partial charge in [0.1, 0.15) is 11.6 Å². The average Bonchev–Trinajstić information content (AvgIpc) is 3.23. The second-order valence-corrected chi connectivity index (χ2v) is 8.99. The van der Waals surface area contributed by atoms with Gasteiger partial charge in [0.2, 0.25) is 10.0 Å². The van der Waals surface area contributed by atoms with Crippen LogP contribution in [0.25, 0.3) is 0 Å². The van der Waals surface area contributed by atoms with Gasteiger partial charge in [-0.3, -0.25) is 9.10 Å². The van der Waals surface area contributed by atoms with Crippen molar-refractivity contribution >= 4 is 21.6 Å². The van der Waals surface area contributed by atoms with Crippen LogP contribution in [0.1, 0.15) is 18.4 Å². The Balaban J connectivity index is 1.59. The molecule has 1 N–H and O–H groups in total. The van der Waals surface area contributed by atoms with Crippen LogP contribution in [0, 0.1) is 5.82 Å². The highest BCUT2D eigenvalue weighted by Gasteiger charge is 2.20. The highest BCUT2D eigenvalue weighted by molar-refractivity contribution is 7.92. The minimum absolute atomic E-state index is 0.0599. The lowest BCUT2D eigenvalue weighted by Crippen LogP contribution is -2.35. The first-order valence-corrected chi connectivity index (χ1v) is 11.5. The van der Waals surface area contributed by atoms with Crippen molar-refractivity contribution in [2.45, 2.75) is 25.5 Å². The smallest absolute Gasteiger partial charge is 0.258 e. The van der Waals surface area contributed by atoms with Gasteiger partial charge in [0.25, 0.3) is 5.91 Å². The SMILES string of the molecule is CS(=O)(=O)N(Cc1ccccc1F)c1ccc(OCC(=O)NC[C@@H]2CCCO2)cc1. The highest BCUT2D eigenvalue weighted by atomic mass is 32.2. The number of hydrogen-bond donors (Lipinski definition) is 1. The van der Waals surface area contributed by atoms with E-state index < -0.39 is 15.8 Å². The van der Waals surface area contributed by atoms with Crippen molar-refractivity contribution in [2.75, 3.05) is 30.3 Å². The quantitative estimate of drug-likeness (QED) is 0.653. The van der Waals surface area contributed by atoms with Crippen molar-refractivity contribution in [2.24, 2.45) is 0 Å². The molecule has 0 aromatic heterocycles. The summed E-state index contributed by atoms with van der Waals surface area (Å²) in [6, 6.07) is 12.3. The lowest BCUT2D eigenvalue weighted by Gasteiger charge is -2.23. The van der Waals surface area contributed by atoms with Gasteiger partial charge in [-0.25, -0.2) is 12.8 Å². The first-order chi connectivity index (χ1) is 14.3. The Bertz CT molecular complexity index is 960. The maximum Gasteiger partial charge on any atom is 0.258 e. The van der Waals surface area contributed by atoms with Gasteiger partial charge in [-0.1, -0.05) is 18.2 Å². The Hall–Kier alpha value is -2.65. The van der Waals surface area contributed by atoms with E-state index in [1.54, 1.807) is 42.5 Å². The molecule has 1 aliphatic heterocycles. The standard InChI is InChI=1S/C21H25FN2O5S/c1-30(26,27)24(14-16-5-2-3-7-20(16)22)17-8-10-18(11-9-17)29-15-21(25)23-13-19-6-4-12-28-19/h2-3,5,7-11,19H,4,6,12-15H2,1H3,(H,23,25)/t19-/m0/s1. The molecule has 0 spiro atoms. The number of benzene rings is 2. The molecule has 1 fully saturated rings. The summed E-state index contributed by atoms with van der Waals surface area (Å²) >= 11 is 0. The van der Waals surface area contributed by atoms with Crippen molar-refractivity contribution in [3.05, 3.63) is 59.9 Å². The van der Waals surface area contributed by atoms with Crippen molar-refractivity contribution in [3.8, 4) is 5.75 Å². The molecule has 1 atom stereocenters. The number of halogens is 1. The third-order valence-electron chi connectivity index (χ3n) is 4.72. The van der Waals surface area contributed by atoms with Crippen molar-refractivity contribution in [1.29, 1.82) is 0 Å². The fourth-order valence-electron chi connectivity index (χ4n) is 3.12. The topological polar surface area (TPSA) is 84.9 Å². The number of anilines is 1. The van der Waals surface area contributed by atoms with E-state index in [0.29, 0.717) is 18.0 Å². The van der Waals surface area contributed by atoms with E-state index in [4.69, 9.17) is 9.47 Å². The number of carbonyl (C=O) groups is 1. The second-order valence-electron chi connectivity index (χ2n) is 7.08. The van der Waals surface area contributed by atoms with E-state index >= 15 is 0 Å². The number of rotatable bonds is 9. The molecule has 1 aliphatic rings. The predicted octanol–water partition coefficient (Wildman–Crippen LogP) is 2.47. The summed E-state index contributed by atoms with van der Waals surface area (Å²) in [4.78, 5) is 11.9. The first kappa shape index (κ1) is 22.0. The summed E-state index contributed by atoms with van der Waals surface area (Å²) in [5, 5.41) is 2.76. The zero-order chi connectivity index (χ0) is 21.6. The van der Waals surface area contributed by atoms with Crippen LogP contribution in [0.15, 0.2) is 48.5 Å². The van der Waals surface area contributed by atoms with Gasteiger partial charge in [-0.05, 0) is 43.2 Å². The molecule has 30 heavy (non-hydrogen) atoms. The van der Waals surface area contributed by atoms with E-state index in [2.05, 4.69) is 5.32 Å². The van der Waals surface area contributed by atoms with Gasteiger partial charge in [-0.2, -0.15) is 0 Å². The normalized spacial score (nSPS) is 16.3. The number of sulfonamides is 1. The Morgan fingerprint density at radius 3 is 2.60 bits per heavy atom. The van der Waals surface area contributed by atoms with Crippen molar-refractivity contribution in [1.82, 2.24) is 5.32 Å². The lowest BCUT2D eigenvalue weighted by molar-refractivity contribution is -0.123. The third kappa shape index (κ3) is 6.17. The molecule has 1 amide bonds. The average molecular weight is 437 g/mol. The minimum atomic E-state index is -3.64. The van der Waals surface area contributed by atoms with Crippen LogP contribution in [0.3, 0.4) is 0 Å². The van der Waals surface area contributed by atoms with Gasteiger partial charge in [0.15, 0.2) is 6.61 Å². The molecule has 0 unspecified atom stereocenters. The van der Waals surface area contributed by atoms with Gasteiger partial charge in [0.05, 0.1) is 24.6 Å². The van der Waals surface area contributed by atoms with Crippen LogP contribution in [-0.4, -0.2) is 46.4 Å². The highest BCUT2D eigenvalue weighted by Crippen LogP contribution is 2.24. The summed E-state index contributed by atoms with van der Waals surface area (Å²) in [5.74, 6) is -0.308. The van der Waals surface area contributed by atoms with Gasteiger partial charge in [0, 0.05) is 18.7 Å². The number of nitrogens with one attached hydrogen (secondary N) is 1. The number of nitrogens with zero attached hydrogens (tertiary/aromatic N) is 1. The monoisotopic (exact) mass is 436 g/mol. The summed E-state index contributed by atoms with van der Waals surface area (Å²) in [6.07, 6.45) is 3.07. The van der Waals surface area contributed by atoms with Crippen LogP contribution in [0.2, 0.25) is 0 Å². The number of carbonyl (C=O) groups excluding carboxylic acids is 1. The van der Waals surface area contributed by atoms with E-state index in [1.165, 1.54) is 6.07 Å². The molecular formula is C21H25FN2O5S. The van der Waals surface area contributed by atoms with Crippen LogP contribution < -0.4 is 14.4 Å². The predicted molar refractivity (Wildman–Crippen MR) is 111 cm³/mol. The summed E-state index contributed by atoms with van der Waals surface area (Å²) < 4.78 is 50.5. The Morgan fingerprint density at radius 1 is 1.23 bits per heavy atom. The van der Waals surface area contributed by atoms with E-state index in [1.807, 2.05) is 0 Å². The van der Waals surface area contributed by atoms with Gasteiger partial charge < -0.3 is 14.8 Å². The number of ether oxygens (including phenoxy) is 2. The zero-order valence-electron chi connectivity index (χ0n) is 16.7. The maximum absolute atomic E-state index is 14.0. The van der Waals surface area contributed by atoms with E-state index in [0.717, 1.165) is 30.0 Å². The molecule has 162 valence electrons. The van der Waals surface area contributed by atoms with E-state index in [9.17, 15) is 17.6 Å². The summed E-state index contributed by atoms with van der Waals surface area (Å²) in [5.41, 5.74) is 0.641. The molecule has 0 bridgehead atoms. The summed E-state index contributed by atoms with van der Waals surface area (Å²) in [6.45, 7) is 0.903. The Labute approximate surface area is 175 Å². The molecule has 1 heterocycles. The molecule has 9 heteroatoms. The lowest BCUT2D eigenvalue weighted by atomic mass is 10.2. The zero-order valence-corrected chi connectivity index (χ0v) is 17.5. The first-order valence-electron chi connectivity index (χ1n) is 9.65. The molecule has 0 radical (unpaired) electrons. The van der Waals surface area contributed by atoms with Crippen molar-refractivity contribution < 1.29 is 27.1 Å². The van der Waals surface area contributed by atoms with Crippen LogP contribution in [-0.2, 0) is 26.1 Å². The molecule has 2 aromatic rings. The molecule has 2 aromatic carbocycles. The largest absolute Gasteiger partial charge is 0.484 e. The molecule has 0 aliphatic carbocycles. The minimum Gasteiger partial charge on any atom is -0.484 e. The molecule has 1 saturated heterocycles. The molecule has 3 rings (SSSR count). The maximum atomic E-state index is 14.0. The van der Waals surface area contributed by atoms with Gasteiger partial charge in [-0.15, -0.1) is 0 Å². The molecule has 0 saturated carbocycles. The Kier molecular flexibility index (Phi) is 7.28. The molecule has 7 nitrogen and oxygen atoms in total. The fraction of sp³-hybridized carbons (Fsp3) is 0.381. The third-order valence-corrected chi connectivity index (χ3v) is 5.86. The summed E-state index contributed by atoms with van der Waals surface area (Å²) in [7, 11) is -3.64. The van der Waals surface area contributed by atoms with Gasteiger partial charge >= 0.3 is 0 Å². The van der Waals surface area contributed by atoms with Crippen LogP contribution in [0.5, 0.6) is 5.75 Å². The number of amides is 1. The Morgan fingerprint density at radius 2 is 1.97 bits per heavy atom. The van der Waals surface area contributed by atoms with Crippen molar-refractivity contribution in [3.63, 3.8) is 0 Å². The van der Waals surface area contributed by atoms with Crippen LogP contribution >= 0.6 is 0 Å². The fourth-order valence-corrected chi connectivity index (χ4v) is 4.00. The number of hydrogen-bond acceptors (Lipinski definition) is 5. The second kappa shape index (κ2) is 9.90. The van der Waals surface area contributed by atoms with E-state index in [-0.39, 0.29) is 30.7 Å². The molecular weight excluding hydrogens is 411 g/mol.